The van der Waals surface area contributed by atoms with Gasteiger partial charge in [0, 0.05) is 5.75 Å². The molecule has 0 fully saturated rings. The SMILES string of the molecule is COc1nc(SCC(O)c2ncco2)cnc1NS(=O)(=O)c1ccc(Cl)c(Cl)c1. The van der Waals surface area contributed by atoms with Crippen molar-refractivity contribution in [2.24, 2.45) is 0 Å². The Labute approximate surface area is 180 Å². The zero-order chi connectivity index (χ0) is 21.0. The molecule has 29 heavy (non-hydrogen) atoms. The van der Waals surface area contributed by atoms with E-state index in [4.69, 9.17) is 32.4 Å². The third kappa shape index (κ3) is 5.31. The van der Waals surface area contributed by atoms with Gasteiger partial charge in [-0.2, -0.15) is 0 Å². The lowest BCUT2D eigenvalue weighted by Gasteiger charge is -2.12. The third-order valence-electron chi connectivity index (χ3n) is 3.47. The number of rotatable bonds is 8. The lowest BCUT2D eigenvalue weighted by atomic mass is 10.4. The van der Waals surface area contributed by atoms with Crippen LogP contribution in [0, 0.1) is 0 Å². The lowest BCUT2D eigenvalue weighted by molar-refractivity contribution is 0.167. The number of hydrogen-bond acceptors (Lipinski definition) is 9. The third-order valence-corrected chi connectivity index (χ3v) is 6.52. The van der Waals surface area contributed by atoms with Gasteiger partial charge in [-0.15, -0.1) is 11.8 Å². The number of nitrogens with one attached hydrogen (secondary N) is 1. The van der Waals surface area contributed by atoms with Crippen molar-refractivity contribution >= 4 is 50.8 Å². The van der Waals surface area contributed by atoms with E-state index in [0.717, 1.165) is 0 Å². The predicted molar refractivity (Wildman–Crippen MR) is 108 cm³/mol. The van der Waals surface area contributed by atoms with Crippen LogP contribution in [0.5, 0.6) is 5.88 Å². The number of aliphatic hydroxyl groups is 1. The Morgan fingerprint density at radius 2 is 2.10 bits per heavy atom. The van der Waals surface area contributed by atoms with E-state index in [1.165, 1.54) is 55.7 Å². The summed E-state index contributed by atoms with van der Waals surface area (Å²) in [5, 5.41) is 10.7. The van der Waals surface area contributed by atoms with Crippen molar-refractivity contribution in [1.82, 2.24) is 15.0 Å². The van der Waals surface area contributed by atoms with Crippen LogP contribution in [0.3, 0.4) is 0 Å². The highest BCUT2D eigenvalue weighted by Crippen LogP contribution is 2.29. The number of hydrogen-bond donors (Lipinski definition) is 2. The molecule has 9 nitrogen and oxygen atoms in total. The van der Waals surface area contributed by atoms with Crippen LogP contribution in [-0.4, -0.2) is 41.3 Å². The number of thioether (sulfide) groups is 1. The van der Waals surface area contributed by atoms with Crippen molar-refractivity contribution < 1.29 is 22.7 Å². The van der Waals surface area contributed by atoms with E-state index in [9.17, 15) is 13.5 Å². The molecule has 0 aliphatic carbocycles. The van der Waals surface area contributed by atoms with Crippen LogP contribution in [0.4, 0.5) is 5.82 Å². The fourth-order valence-electron chi connectivity index (χ4n) is 2.10. The molecule has 2 aromatic heterocycles. The molecule has 0 saturated carbocycles. The Morgan fingerprint density at radius 3 is 2.76 bits per heavy atom. The van der Waals surface area contributed by atoms with Gasteiger partial charge in [-0.25, -0.2) is 23.4 Å². The number of methoxy groups -OCH3 is 1. The molecular weight excluding hydrogens is 463 g/mol. The summed E-state index contributed by atoms with van der Waals surface area (Å²) in [5.41, 5.74) is 0. The van der Waals surface area contributed by atoms with Crippen molar-refractivity contribution in [3.63, 3.8) is 0 Å². The van der Waals surface area contributed by atoms with Gasteiger partial charge in [0.1, 0.15) is 17.4 Å². The second kappa shape index (κ2) is 9.18. The number of benzene rings is 1. The Bertz CT molecular complexity index is 1100. The number of aliphatic hydroxyl groups excluding tert-OH is 1. The fraction of sp³-hybridized carbons (Fsp3) is 0.188. The summed E-state index contributed by atoms with van der Waals surface area (Å²) in [6, 6.07) is 3.91. The highest BCUT2D eigenvalue weighted by molar-refractivity contribution is 7.99. The Balaban J connectivity index is 1.75. The molecule has 2 N–H and O–H groups in total. The molecule has 0 spiro atoms. The van der Waals surface area contributed by atoms with Gasteiger partial charge >= 0.3 is 0 Å². The summed E-state index contributed by atoms with van der Waals surface area (Å²) >= 11 is 12.9. The molecule has 0 aliphatic heterocycles. The summed E-state index contributed by atoms with van der Waals surface area (Å²) in [6.07, 6.45) is 3.21. The standard InChI is InChI=1S/C16H14Cl2N4O5S2/c1-26-16-14(22-29(24,25)9-2-3-10(17)11(18)6-9)20-7-13(21-16)28-8-12(23)15-19-4-5-27-15/h2-7,12,23H,8H2,1H3,(H,20,22). The molecule has 1 unspecified atom stereocenters. The number of oxazole rings is 1. The van der Waals surface area contributed by atoms with Crippen LogP contribution in [0.25, 0.3) is 0 Å². The van der Waals surface area contributed by atoms with E-state index < -0.39 is 16.1 Å². The van der Waals surface area contributed by atoms with Crippen LogP contribution >= 0.6 is 35.0 Å². The maximum atomic E-state index is 12.6. The molecule has 0 bridgehead atoms. The summed E-state index contributed by atoms with van der Waals surface area (Å²) in [7, 11) is -2.67. The molecule has 1 aromatic carbocycles. The van der Waals surface area contributed by atoms with Crippen molar-refractivity contribution in [1.29, 1.82) is 0 Å². The van der Waals surface area contributed by atoms with E-state index >= 15 is 0 Å². The van der Waals surface area contributed by atoms with Gasteiger partial charge in [0.25, 0.3) is 15.9 Å². The molecule has 0 radical (unpaired) electrons. The number of sulfonamides is 1. The highest BCUT2D eigenvalue weighted by atomic mass is 35.5. The van der Waals surface area contributed by atoms with Gasteiger partial charge in [-0.05, 0) is 18.2 Å². The van der Waals surface area contributed by atoms with Gasteiger partial charge in [-0.1, -0.05) is 23.2 Å². The molecule has 154 valence electrons. The van der Waals surface area contributed by atoms with E-state index in [1.54, 1.807) is 0 Å². The van der Waals surface area contributed by atoms with Gasteiger partial charge in [0.2, 0.25) is 11.7 Å². The van der Waals surface area contributed by atoms with Gasteiger partial charge < -0.3 is 14.3 Å². The maximum Gasteiger partial charge on any atom is 0.263 e. The van der Waals surface area contributed by atoms with E-state index in [0.29, 0.717) is 5.03 Å². The summed E-state index contributed by atoms with van der Waals surface area (Å²) in [5.74, 6) is 0.246. The largest absolute Gasteiger partial charge is 0.478 e. The van der Waals surface area contributed by atoms with Gasteiger partial charge in [-0.3, -0.25) is 4.72 Å². The fourth-order valence-corrected chi connectivity index (χ4v) is 4.24. The first-order valence-corrected chi connectivity index (χ1v) is 11.1. The molecule has 1 atom stereocenters. The number of aromatic nitrogens is 3. The van der Waals surface area contributed by atoms with Crippen LogP contribution in [0.1, 0.15) is 12.0 Å². The molecular formula is C16H14Cl2N4O5S2. The van der Waals surface area contributed by atoms with E-state index in [-0.39, 0.29) is 38.3 Å². The normalized spacial score (nSPS) is 12.6. The minimum atomic E-state index is -4.00. The zero-order valence-electron chi connectivity index (χ0n) is 14.7. The van der Waals surface area contributed by atoms with Crippen molar-refractivity contribution in [3.05, 3.63) is 52.8 Å². The number of ether oxygens (including phenoxy) is 1. The summed E-state index contributed by atoms with van der Waals surface area (Å²) in [6.45, 7) is 0. The van der Waals surface area contributed by atoms with E-state index in [2.05, 4.69) is 19.7 Å². The molecule has 3 aromatic rings. The van der Waals surface area contributed by atoms with Gasteiger partial charge in [0.05, 0.1) is 34.4 Å². The first-order chi connectivity index (χ1) is 13.8. The average Bonchev–Trinajstić information content (AvgIpc) is 3.23. The van der Waals surface area contributed by atoms with Crippen molar-refractivity contribution in [2.75, 3.05) is 17.6 Å². The Morgan fingerprint density at radius 1 is 1.31 bits per heavy atom. The maximum absolute atomic E-state index is 12.6. The summed E-state index contributed by atoms with van der Waals surface area (Å²) in [4.78, 5) is 12.0. The number of nitrogens with zero attached hydrogens (tertiary/aromatic N) is 3. The molecule has 3 rings (SSSR count). The predicted octanol–water partition coefficient (Wildman–Crippen LogP) is 3.41. The minimum absolute atomic E-state index is 0.0377. The lowest BCUT2D eigenvalue weighted by Crippen LogP contribution is -2.15. The minimum Gasteiger partial charge on any atom is -0.478 e. The smallest absolute Gasteiger partial charge is 0.263 e. The second-order valence-corrected chi connectivity index (χ2v) is 8.98. The average molecular weight is 477 g/mol. The molecule has 0 saturated heterocycles. The monoisotopic (exact) mass is 476 g/mol. The van der Waals surface area contributed by atoms with Crippen LogP contribution in [-0.2, 0) is 10.0 Å². The van der Waals surface area contributed by atoms with E-state index in [1.807, 2.05) is 0 Å². The quantitative estimate of drug-likeness (QED) is 0.469. The highest BCUT2D eigenvalue weighted by Gasteiger charge is 2.20. The Kier molecular flexibility index (Phi) is 6.85. The van der Waals surface area contributed by atoms with Gasteiger partial charge in [0.15, 0.2) is 0 Å². The second-order valence-electron chi connectivity index (χ2n) is 5.44. The molecule has 0 amide bonds. The number of anilines is 1. The van der Waals surface area contributed by atoms with Crippen molar-refractivity contribution in [3.8, 4) is 5.88 Å². The first-order valence-electron chi connectivity index (χ1n) is 7.89. The van der Waals surface area contributed by atoms with Crippen LogP contribution < -0.4 is 9.46 Å². The number of halogens is 2. The Hall–Kier alpha value is -2.05. The summed E-state index contributed by atoms with van der Waals surface area (Å²) < 4.78 is 37.6. The van der Waals surface area contributed by atoms with Crippen LogP contribution in [0.2, 0.25) is 10.0 Å². The molecule has 0 aliphatic rings. The zero-order valence-corrected chi connectivity index (χ0v) is 17.9. The molecule has 2 heterocycles. The first kappa shape index (κ1) is 21.7. The van der Waals surface area contributed by atoms with Crippen LogP contribution in [0.15, 0.2) is 51.2 Å². The molecule has 13 heteroatoms. The van der Waals surface area contributed by atoms with Crippen molar-refractivity contribution in [2.45, 2.75) is 16.0 Å². The topological polar surface area (TPSA) is 127 Å².